The van der Waals surface area contributed by atoms with Crippen LogP contribution >= 0.6 is 7.82 Å². The van der Waals surface area contributed by atoms with Crippen LogP contribution in [0.15, 0.2) is 40.9 Å². The van der Waals surface area contributed by atoms with Crippen molar-refractivity contribution < 1.29 is 51.6 Å². The SMILES string of the molecule is CCCCCCCC/C=C/C/C=C/C=C/C(O)CCCC(=O)OC[C@H](COP(=O)(O)OCC[N+](C)(C)C)OC(=O)CCCCCCCCCCc1oc(CCC)c(C)c1C. The number of furan rings is 1. The van der Waals surface area contributed by atoms with Gasteiger partial charge in [0.2, 0.25) is 0 Å². The summed E-state index contributed by atoms with van der Waals surface area (Å²) in [5.41, 5.74) is 2.61. The van der Waals surface area contributed by atoms with Gasteiger partial charge in [0.15, 0.2) is 6.10 Å². The normalized spacial score (nSPS) is 14.3. The van der Waals surface area contributed by atoms with Crippen molar-refractivity contribution in [1.82, 2.24) is 0 Å². The number of allylic oxidation sites excluding steroid dienone is 5. The van der Waals surface area contributed by atoms with Gasteiger partial charge in [-0.15, -0.1) is 0 Å². The maximum Gasteiger partial charge on any atom is 0.472 e. The Balaban J connectivity index is 2.41. The third-order valence-corrected chi connectivity index (χ3v) is 11.4. The fraction of sp³-hybridized carbons (Fsp3) is 0.750. The minimum absolute atomic E-state index is 0.00496. The number of hydrogen-bond donors (Lipinski definition) is 2. The van der Waals surface area contributed by atoms with Gasteiger partial charge in [0.1, 0.15) is 31.3 Å². The quantitative estimate of drug-likeness (QED) is 0.0165. The van der Waals surface area contributed by atoms with E-state index in [0.29, 0.717) is 30.3 Å². The Bertz CT molecular complexity index is 1410. The summed E-state index contributed by atoms with van der Waals surface area (Å²) >= 11 is 0. The second-order valence-electron chi connectivity index (χ2n) is 17.2. The number of carbonyl (C=O) groups excluding carboxylic acids is 2. The lowest BCUT2D eigenvalue weighted by Gasteiger charge is -2.24. The molecular weight excluding hydrogens is 781 g/mol. The fourth-order valence-electron chi connectivity index (χ4n) is 6.54. The number of aryl methyl sites for hydroxylation is 2. The summed E-state index contributed by atoms with van der Waals surface area (Å²) in [5.74, 6) is 1.26. The van der Waals surface area contributed by atoms with Crippen LogP contribution < -0.4 is 0 Å². The minimum atomic E-state index is -4.43. The molecule has 0 fully saturated rings. The van der Waals surface area contributed by atoms with Crippen LogP contribution in [0.3, 0.4) is 0 Å². The molecule has 0 aliphatic rings. The van der Waals surface area contributed by atoms with Crippen LogP contribution in [0.5, 0.6) is 0 Å². The highest BCUT2D eigenvalue weighted by Gasteiger charge is 2.27. The summed E-state index contributed by atoms with van der Waals surface area (Å²) in [6.07, 6.45) is 32.2. The van der Waals surface area contributed by atoms with Crippen molar-refractivity contribution in [1.29, 1.82) is 0 Å². The molecule has 0 saturated heterocycles. The van der Waals surface area contributed by atoms with Gasteiger partial charge in [-0.05, 0) is 76.3 Å². The van der Waals surface area contributed by atoms with E-state index >= 15 is 0 Å². The molecule has 346 valence electrons. The number of aliphatic hydroxyl groups excluding tert-OH is 1. The maximum atomic E-state index is 12.8. The van der Waals surface area contributed by atoms with E-state index in [1.807, 2.05) is 39.4 Å². The van der Waals surface area contributed by atoms with Gasteiger partial charge in [0.05, 0.1) is 33.9 Å². The first kappa shape index (κ1) is 55.5. The molecule has 0 aliphatic heterocycles. The molecular formula is C48H85NO10P+. The third-order valence-electron chi connectivity index (χ3n) is 10.5. The van der Waals surface area contributed by atoms with Crippen molar-refractivity contribution in [3.05, 3.63) is 59.1 Å². The average Bonchev–Trinajstić information content (AvgIpc) is 3.45. The van der Waals surface area contributed by atoms with Crippen molar-refractivity contribution in [2.45, 2.75) is 188 Å². The number of phosphoric ester groups is 1. The predicted octanol–water partition coefficient (Wildman–Crippen LogP) is 11.5. The highest BCUT2D eigenvalue weighted by Crippen LogP contribution is 2.43. The van der Waals surface area contributed by atoms with E-state index in [-0.39, 0.29) is 26.1 Å². The summed E-state index contributed by atoms with van der Waals surface area (Å²) in [5, 5.41) is 10.3. The van der Waals surface area contributed by atoms with E-state index in [0.717, 1.165) is 75.7 Å². The van der Waals surface area contributed by atoms with Crippen molar-refractivity contribution >= 4 is 19.8 Å². The Kier molecular flexibility index (Phi) is 31.5. The van der Waals surface area contributed by atoms with E-state index in [1.165, 1.54) is 62.5 Å². The monoisotopic (exact) mass is 867 g/mol. The first-order valence-corrected chi connectivity index (χ1v) is 24.7. The van der Waals surface area contributed by atoms with Gasteiger partial charge in [-0.2, -0.15) is 0 Å². The second-order valence-corrected chi connectivity index (χ2v) is 18.7. The van der Waals surface area contributed by atoms with Crippen molar-refractivity contribution in [2.24, 2.45) is 0 Å². The van der Waals surface area contributed by atoms with Crippen molar-refractivity contribution in [3.8, 4) is 0 Å². The zero-order chi connectivity index (χ0) is 44.5. The molecule has 2 unspecified atom stereocenters. The number of ether oxygens (including phenoxy) is 2. The Morgan fingerprint density at radius 2 is 1.33 bits per heavy atom. The number of unbranched alkanes of at least 4 members (excludes halogenated alkanes) is 13. The van der Waals surface area contributed by atoms with E-state index < -0.39 is 38.6 Å². The minimum Gasteiger partial charge on any atom is -0.466 e. The zero-order valence-electron chi connectivity index (χ0n) is 38.8. The number of esters is 2. The van der Waals surface area contributed by atoms with E-state index in [9.17, 15) is 24.2 Å². The Hall–Kier alpha value is -2.53. The number of aliphatic hydroxyl groups is 1. The molecule has 0 radical (unpaired) electrons. The molecule has 60 heavy (non-hydrogen) atoms. The summed E-state index contributed by atoms with van der Waals surface area (Å²) in [6.45, 7) is 8.40. The lowest BCUT2D eigenvalue weighted by atomic mass is 10.0. The van der Waals surface area contributed by atoms with Crippen LogP contribution in [0.1, 0.15) is 171 Å². The molecule has 3 atom stereocenters. The van der Waals surface area contributed by atoms with E-state index in [1.54, 1.807) is 6.08 Å². The van der Waals surface area contributed by atoms with Gasteiger partial charge in [-0.3, -0.25) is 18.6 Å². The molecule has 0 aliphatic carbocycles. The number of hydrogen-bond acceptors (Lipinski definition) is 9. The molecule has 1 rings (SSSR count). The molecule has 1 heterocycles. The number of nitrogens with zero attached hydrogens (tertiary/aromatic N) is 1. The smallest absolute Gasteiger partial charge is 0.466 e. The number of rotatable bonds is 38. The van der Waals surface area contributed by atoms with Gasteiger partial charge in [-0.25, -0.2) is 4.57 Å². The van der Waals surface area contributed by atoms with Gasteiger partial charge in [-0.1, -0.05) is 121 Å². The Morgan fingerprint density at radius 3 is 2.00 bits per heavy atom. The van der Waals surface area contributed by atoms with Gasteiger partial charge in [0.25, 0.3) is 0 Å². The average molecular weight is 867 g/mol. The number of carbonyl (C=O) groups is 2. The van der Waals surface area contributed by atoms with Crippen molar-refractivity contribution in [2.75, 3.05) is 47.5 Å². The molecule has 1 aromatic rings. The second kappa shape index (κ2) is 34.0. The highest BCUT2D eigenvalue weighted by molar-refractivity contribution is 7.47. The Labute approximate surface area is 364 Å². The largest absolute Gasteiger partial charge is 0.472 e. The van der Waals surface area contributed by atoms with Gasteiger partial charge >= 0.3 is 19.8 Å². The van der Waals surface area contributed by atoms with Crippen LogP contribution in [0, 0.1) is 13.8 Å². The fourth-order valence-corrected chi connectivity index (χ4v) is 7.28. The molecule has 0 saturated carbocycles. The first-order valence-electron chi connectivity index (χ1n) is 23.2. The van der Waals surface area contributed by atoms with Gasteiger partial charge < -0.3 is 28.4 Å². The third kappa shape index (κ3) is 30.5. The Morgan fingerprint density at radius 1 is 0.717 bits per heavy atom. The topological polar surface area (TPSA) is 142 Å². The number of quaternary nitrogens is 1. The predicted molar refractivity (Wildman–Crippen MR) is 243 cm³/mol. The van der Waals surface area contributed by atoms with E-state index in [2.05, 4.69) is 39.8 Å². The molecule has 12 heteroatoms. The lowest BCUT2D eigenvalue weighted by Crippen LogP contribution is -2.37. The standard InChI is InChI=1S/C48H84NO10P/c1-8-10-11-12-13-14-15-16-17-18-21-24-27-32-43(50)33-30-36-47(51)55-39-44(40-57-60(53,54)56-38-37-49(5,6)7)58-48(52)35-29-26-23-20-19-22-25-28-34-46-42(4)41(3)45(59-46)31-9-2/h16-17,21,24,27,32,43-44,50H,8-15,18-20,22-23,25-26,28-31,33-40H2,1-7H3/p+1/b17-16+,24-21+,32-27+/t43?,44-/m1/s1. The molecule has 0 bridgehead atoms. The first-order chi connectivity index (χ1) is 28.7. The summed E-state index contributed by atoms with van der Waals surface area (Å²) in [7, 11) is 1.35. The van der Waals surface area contributed by atoms with Crippen LogP contribution in [0.25, 0.3) is 0 Å². The summed E-state index contributed by atoms with van der Waals surface area (Å²) in [6, 6.07) is 0. The van der Waals surface area contributed by atoms with Crippen molar-refractivity contribution in [3.63, 3.8) is 0 Å². The highest BCUT2D eigenvalue weighted by atomic mass is 31.2. The van der Waals surface area contributed by atoms with Crippen LogP contribution in [0.2, 0.25) is 0 Å². The van der Waals surface area contributed by atoms with E-state index in [4.69, 9.17) is 22.9 Å². The summed E-state index contributed by atoms with van der Waals surface area (Å²) in [4.78, 5) is 35.5. The maximum absolute atomic E-state index is 12.8. The summed E-state index contributed by atoms with van der Waals surface area (Å²) < 4.78 is 40.4. The molecule has 2 N–H and O–H groups in total. The zero-order valence-corrected chi connectivity index (χ0v) is 39.7. The molecule has 0 amide bonds. The molecule has 1 aromatic heterocycles. The number of likely N-dealkylation sites (N-methyl/N-ethyl adjacent to an activating group) is 1. The van der Waals surface area contributed by atoms with Crippen LogP contribution in [0.4, 0.5) is 0 Å². The van der Waals surface area contributed by atoms with Gasteiger partial charge in [0, 0.05) is 25.7 Å². The molecule has 11 nitrogen and oxygen atoms in total. The van der Waals surface area contributed by atoms with Crippen LogP contribution in [-0.2, 0) is 45.5 Å². The molecule has 0 aromatic carbocycles. The molecule has 0 spiro atoms. The van der Waals surface area contributed by atoms with Crippen LogP contribution in [-0.4, -0.2) is 86.1 Å². The number of phosphoric acid groups is 1. The lowest BCUT2D eigenvalue weighted by molar-refractivity contribution is -0.870.